The highest BCUT2D eigenvalue weighted by Gasteiger charge is 2.14. The second-order valence-corrected chi connectivity index (χ2v) is 8.70. The van der Waals surface area contributed by atoms with Gasteiger partial charge in [-0.2, -0.15) is 0 Å². The molecular formula is C22H22N2OS2. The molecule has 5 heteroatoms. The van der Waals surface area contributed by atoms with Crippen LogP contribution in [-0.4, -0.2) is 16.1 Å². The molecule has 1 atom stereocenters. The van der Waals surface area contributed by atoms with E-state index < -0.39 is 0 Å². The molecule has 3 nitrogen and oxygen atoms in total. The van der Waals surface area contributed by atoms with Crippen LogP contribution in [0.25, 0.3) is 0 Å². The molecule has 0 saturated heterocycles. The maximum atomic E-state index is 12.4. The Morgan fingerprint density at radius 3 is 2.41 bits per heavy atom. The average molecular weight is 395 g/mol. The summed E-state index contributed by atoms with van der Waals surface area (Å²) < 4.78 is 0. The number of hydrogen-bond acceptors (Lipinski definition) is 4. The number of aromatic nitrogens is 1. The van der Waals surface area contributed by atoms with Gasteiger partial charge in [0.2, 0.25) is 5.91 Å². The van der Waals surface area contributed by atoms with Crippen LogP contribution in [0.5, 0.6) is 0 Å². The van der Waals surface area contributed by atoms with E-state index in [1.165, 1.54) is 16.0 Å². The Morgan fingerprint density at radius 1 is 1.04 bits per heavy atom. The number of aryl methyl sites for hydroxylation is 1. The molecule has 0 spiro atoms. The van der Waals surface area contributed by atoms with Gasteiger partial charge in [-0.05, 0) is 61.9 Å². The number of rotatable bonds is 7. The van der Waals surface area contributed by atoms with E-state index in [9.17, 15) is 4.79 Å². The molecule has 1 unspecified atom stereocenters. The number of nitrogens with one attached hydrogen (secondary N) is 1. The first-order valence-corrected chi connectivity index (χ1v) is 10.6. The van der Waals surface area contributed by atoms with Crippen molar-refractivity contribution in [3.63, 3.8) is 0 Å². The molecule has 3 aromatic rings. The molecule has 0 aliphatic heterocycles. The molecular weight excluding hydrogens is 372 g/mol. The van der Waals surface area contributed by atoms with Gasteiger partial charge in [0.05, 0.1) is 5.25 Å². The van der Waals surface area contributed by atoms with Crippen molar-refractivity contribution >= 4 is 35.1 Å². The second-order valence-electron chi connectivity index (χ2n) is 6.24. The molecule has 1 amide bonds. The lowest BCUT2D eigenvalue weighted by Gasteiger charge is -2.12. The van der Waals surface area contributed by atoms with Crippen molar-refractivity contribution in [1.82, 2.24) is 4.98 Å². The van der Waals surface area contributed by atoms with Gasteiger partial charge in [0, 0.05) is 33.6 Å². The molecule has 0 aliphatic carbocycles. The van der Waals surface area contributed by atoms with Gasteiger partial charge in [0.25, 0.3) is 0 Å². The van der Waals surface area contributed by atoms with Gasteiger partial charge in [0.15, 0.2) is 0 Å². The summed E-state index contributed by atoms with van der Waals surface area (Å²) in [4.78, 5) is 18.8. The zero-order valence-corrected chi connectivity index (χ0v) is 17.0. The third-order valence-electron chi connectivity index (χ3n) is 3.95. The number of hydrogen-bond donors (Lipinski definition) is 1. The summed E-state index contributed by atoms with van der Waals surface area (Å²) in [6.45, 7) is 3.99. The Kier molecular flexibility index (Phi) is 6.96. The van der Waals surface area contributed by atoms with Crippen LogP contribution in [0.4, 0.5) is 5.69 Å². The minimum atomic E-state index is -0.160. The number of amides is 1. The van der Waals surface area contributed by atoms with Crippen LogP contribution in [0.2, 0.25) is 0 Å². The van der Waals surface area contributed by atoms with Gasteiger partial charge in [-0.15, -0.1) is 23.5 Å². The van der Waals surface area contributed by atoms with Crippen LogP contribution in [0.15, 0.2) is 82.8 Å². The van der Waals surface area contributed by atoms with Crippen molar-refractivity contribution in [2.24, 2.45) is 0 Å². The summed E-state index contributed by atoms with van der Waals surface area (Å²) >= 11 is 3.32. The van der Waals surface area contributed by atoms with E-state index in [0.29, 0.717) is 0 Å². The molecule has 3 rings (SSSR count). The summed E-state index contributed by atoms with van der Waals surface area (Å²) in [5.74, 6) is 0.889. The number of carbonyl (C=O) groups excluding carboxylic acids is 1. The monoisotopic (exact) mass is 394 g/mol. The number of thioether (sulfide) groups is 2. The number of pyridine rings is 1. The fraction of sp³-hybridized carbons (Fsp3) is 0.182. The third-order valence-corrected chi connectivity index (χ3v) is 6.15. The van der Waals surface area contributed by atoms with Crippen molar-refractivity contribution < 1.29 is 4.79 Å². The van der Waals surface area contributed by atoms with Crippen molar-refractivity contribution in [2.75, 3.05) is 5.32 Å². The average Bonchev–Trinajstić information content (AvgIpc) is 2.70. The molecule has 27 heavy (non-hydrogen) atoms. The zero-order chi connectivity index (χ0) is 19.1. The third kappa shape index (κ3) is 6.15. The van der Waals surface area contributed by atoms with E-state index in [-0.39, 0.29) is 11.2 Å². The summed E-state index contributed by atoms with van der Waals surface area (Å²) in [6.07, 6.45) is 3.67. The van der Waals surface area contributed by atoms with Crippen LogP contribution < -0.4 is 5.32 Å². The van der Waals surface area contributed by atoms with E-state index in [2.05, 4.69) is 47.6 Å². The molecule has 1 N–H and O–H groups in total. The summed E-state index contributed by atoms with van der Waals surface area (Å²) in [6, 6.07) is 20.2. The van der Waals surface area contributed by atoms with Gasteiger partial charge >= 0.3 is 0 Å². The Bertz CT molecular complexity index is 865. The summed E-state index contributed by atoms with van der Waals surface area (Å²) in [5.41, 5.74) is 3.24. The topological polar surface area (TPSA) is 42.0 Å². The number of benzene rings is 2. The molecule has 0 bridgehead atoms. The Labute approximate surface area is 169 Å². The minimum Gasteiger partial charge on any atom is -0.325 e. The maximum absolute atomic E-state index is 12.4. The standard InChI is InChI=1S/C22H22N2OS2/c1-16-5-9-21(10-6-16)27-17(2)22(25)24-19-7-11-20(12-8-19)26-15-18-4-3-13-23-14-18/h3-14,17H,15H2,1-2H3,(H,24,25). The number of anilines is 1. The molecule has 0 fully saturated rings. The van der Waals surface area contributed by atoms with E-state index in [4.69, 9.17) is 0 Å². The van der Waals surface area contributed by atoms with Gasteiger partial charge in [-0.25, -0.2) is 0 Å². The summed E-state index contributed by atoms with van der Waals surface area (Å²) in [5, 5.41) is 2.84. The Morgan fingerprint density at radius 2 is 1.74 bits per heavy atom. The number of nitrogens with zero attached hydrogens (tertiary/aromatic N) is 1. The molecule has 138 valence electrons. The predicted molar refractivity (Wildman–Crippen MR) is 115 cm³/mol. The lowest BCUT2D eigenvalue weighted by molar-refractivity contribution is -0.115. The largest absolute Gasteiger partial charge is 0.325 e. The maximum Gasteiger partial charge on any atom is 0.237 e. The smallest absolute Gasteiger partial charge is 0.237 e. The normalized spacial score (nSPS) is 11.8. The fourth-order valence-electron chi connectivity index (χ4n) is 2.40. The van der Waals surface area contributed by atoms with Crippen LogP contribution in [0.3, 0.4) is 0 Å². The highest BCUT2D eigenvalue weighted by Crippen LogP contribution is 2.26. The molecule has 1 aromatic heterocycles. The first kappa shape index (κ1) is 19.5. The fourth-order valence-corrected chi connectivity index (χ4v) is 4.10. The van der Waals surface area contributed by atoms with E-state index >= 15 is 0 Å². The van der Waals surface area contributed by atoms with Gasteiger partial charge < -0.3 is 5.32 Å². The lowest BCUT2D eigenvalue weighted by atomic mass is 10.2. The van der Waals surface area contributed by atoms with Gasteiger partial charge in [0.1, 0.15) is 0 Å². The quantitative estimate of drug-likeness (QED) is 0.514. The highest BCUT2D eigenvalue weighted by atomic mass is 32.2. The van der Waals surface area contributed by atoms with Gasteiger partial charge in [-0.1, -0.05) is 23.8 Å². The SMILES string of the molecule is Cc1ccc(SC(C)C(=O)Nc2ccc(SCc3cccnc3)cc2)cc1. The second kappa shape index (κ2) is 9.62. The van der Waals surface area contributed by atoms with Crippen molar-refractivity contribution in [2.45, 2.75) is 34.6 Å². The Balaban J connectivity index is 1.51. The summed E-state index contributed by atoms with van der Waals surface area (Å²) in [7, 11) is 0. The first-order chi connectivity index (χ1) is 13.1. The van der Waals surface area contributed by atoms with Crippen LogP contribution >= 0.6 is 23.5 Å². The van der Waals surface area contributed by atoms with E-state index in [0.717, 1.165) is 16.3 Å². The molecule has 0 aliphatic rings. The molecule has 0 saturated carbocycles. The van der Waals surface area contributed by atoms with E-state index in [1.807, 2.05) is 43.5 Å². The van der Waals surface area contributed by atoms with Crippen LogP contribution in [0.1, 0.15) is 18.1 Å². The highest BCUT2D eigenvalue weighted by molar-refractivity contribution is 8.00. The lowest BCUT2D eigenvalue weighted by Crippen LogP contribution is -2.22. The molecule has 2 aromatic carbocycles. The number of carbonyl (C=O) groups is 1. The molecule has 1 heterocycles. The Hall–Kier alpha value is -2.24. The first-order valence-electron chi connectivity index (χ1n) is 8.76. The van der Waals surface area contributed by atoms with Crippen LogP contribution in [-0.2, 0) is 10.5 Å². The minimum absolute atomic E-state index is 0.0105. The van der Waals surface area contributed by atoms with Gasteiger partial charge in [-0.3, -0.25) is 9.78 Å². The van der Waals surface area contributed by atoms with E-state index in [1.54, 1.807) is 29.7 Å². The zero-order valence-electron chi connectivity index (χ0n) is 15.4. The molecule has 0 radical (unpaired) electrons. The predicted octanol–water partition coefficient (Wildman–Crippen LogP) is 5.80. The van der Waals surface area contributed by atoms with Crippen LogP contribution in [0, 0.1) is 6.92 Å². The van der Waals surface area contributed by atoms with Crippen molar-refractivity contribution in [3.8, 4) is 0 Å². The van der Waals surface area contributed by atoms with Crippen molar-refractivity contribution in [3.05, 3.63) is 84.2 Å². The van der Waals surface area contributed by atoms with Crippen molar-refractivity contribution in [1.29, 1.82) is 0 Å².